The first kappa shape index (κ1) is 16.2. The van der Waals surface area contributed by atoms with Crippen molar-refractivity contribution < 1.29 is 24.2 Å². The van der Waals surface area contributed by atoms with E-state index in [1.807, 2.05) is 0 Å². The molecule has 0 aliphatic heterocycles. The number of nitrogens with one attached hydrogen (secondary N) is 2. The molecule has 0 aromatic heterocycles. The molecule has 0 aromatic rings. The molecule has 1 aliphatic rings. The van der Waals surface area contributed by atoms with Gasteiger partial charge >= 0.3 is 12.0 Å². The van der Waals surface area contributed by atoms with Crippen LogP contribution in [0.3, 0.4) is 0 Å². The van der Waals surface area contributed by atoms with Gasteiger partial charge in [0.25, 0.3) is 0 Å². The third-order valence-electron chi connectivity index (χ3n) is 3.19. The maximum Gasteiger partial charge on any atom is 0.315 e. The molecule has 1 saturated carbocycles. The van der Waals surface area contributed by atoms with E-state index >= 15 is 0 Å². The summed E-state index contributed by atoms with van der Waals surface area (Å²) in [6.45, 7) is 0.328. The third-order valence-corrected chi connectivity index (χ3v) is 3.19. The summed E-state index contributed by atoms with van der Waals surface area (Å²) in [4.78, 5) is 32.7. The molecule has 0 unspecified atom stereocenters. The topological polar surface area (TPSA) is 131 Å². The molecule has 20 heavy (non-hydrogen) atoms. The summed E-state index contributed by atoms with van der Waals surface area (Å²) in [5.74, 6) is -1.61. The predicted octanol–water partition coefficient (Wildman–Crippen LogP) is -0.569. The molecule has 0 saturated heterocycles. The van der Waals surface area contributed by atoms with Crippen molar-refractivity contribution in [1.29, 1.82) is 0 Å². The first-order chi connectivity index (χ1) is 9.49. The number of amides is 3. The second kappa shape index (κ2) is 8.36. The van der Waals surface area contributed by atoms with Gasteiger partial charge in [0.1, 0.15) is 6.61 Å². The number of rotatable bonds is 7. The molecule has 0 spiro atoms. The van der Waals surface area contributed by atoms with E-state index in [1.165, 1.54) is 0 Å². The standard InChI is InChI=1S/C12H21N3O5/c13-10(16)7-20-6-5-14-12(19)15-9-3-1-8(2-4-9)11(17)18/h8-9H,1-7H2,(H2,13,16)(H,17,18)(H2,14,15,19). The number of urea groups is 1. The molecule has 0 radical (unpaired) electrons. The van der Waals surface area contributed by atoms with Crippen LogP contribution in [0.25, 0.3) is 0 Å². The van der Waals surface area contributed by atoms with Gasteiger partial charge in [-0.05, 0) is 25.7 Å². The Morgan fingerprint density at radius 2 is 1.85 bits per heavy atom. The molecule has 8 heteroatoms. The zero-order valence-electron chi connectivity index (χ0n) is 11.3. The first-order valence-corrected chi connectivity index (χ1v) is 6.62. The van der Waals surface area contributed by atoms with Gasteiger partial charge in [-0.1, -0.05) is 0 Å². The molecule has 114 valence electrons. The van der Waals surface area contributed by atoms with Crippen molar-refractivity contribution in [3.63, 3.8) is 0 Å². The normalized spacial score (nSPS) is 22.0. The molecule has 0 aromatic carbocycles. The van der Waals surface area contributed by atoms with E-state index in [-0.39, 0.29) is 37.7 Å². The highest BCUT2D eigenvalue weighted by atomic mass is 16.5. The molecule has 5 N–H and O–H groups in total. The number of nitrogens with two attached hydrogens (primary N) is 1. The number of carbonyl (C=O) groups excluding carboxylic acids is 2. The fraction of sp³-hybridized carbons (Fsp3) is 0.750. The molecular weight excluding hydrogens is 266 g/mol. The van der Waals surface area contributed by atoms with Crippen LogP contribution in [-0.4, -0.2) is 48.8 Å². The van der Waals surface area contributed by atoms with E-state index in [9.17, 15) is 14.4 Å². The Morgan fingerprint density at radius 1 is 1.20 bits per heavy atom. The lowest BCUT2D eigenvalue weighted by atomic mass is 9.86. The highest BCUT2D eigenvalue weighted by molar-refractivity contribution is 5.75. The second-order valence-electron chi connectivity index (χ2n) is 4.81. The monoisotopic (exact) mass is 287 g/mol. The van der Waals surface area contributed by atoms with Crippen molar-refractivity contribution in [2.24, 2.45) is 11.7 Å². The third kappa shape index (κ3) is 6.37. The van der Waals surface area contributed by atoms with Gasteiger partial charge in [0.2, 0.25) is 5.91 Å². The largest absolute Gasteiger partial charge is 0.481 e. The number of hydrogen-bond donors (Lipinski definition) is 4. The molecule has 1 rings (SSSR count). The number of carboxylic acid groups (broad SMARTS) is 1. The quantitative estimate of drug-likeness (QED) is 0.466. The lowest BCUT2D eigenvalue weighted by molar-refractivity contribution is -0.142. The Labute approximate surface area is 117 Å². The average Bonchev–Trinajstić information content (AvgIpc) is 2.38. The van der Waals surface area contributed by atoms with Gasteiger partial charge in [-0.15, -0.1) is 0 Å². The number of carboxylic acids is 1. The zero-order chi connectivity index (χ0) is 15.0. The number of carbonyl (C=O) groups is 3. The average molecular weight is 287 g/mol. The molecule has 0 bridgehead atoms. The summed E-state index contributed by atoms with van der Waals surface area (Å²) < 4.78 is 4.89. The van der Waals surface area contributed by atoms with Gasteiger partial charge in [-0.25, -0.2) is 4.79 Å². The van der Waals surface area contributed by atoms with Crippen LogP contribution in [0, 0.1) is 5.92 Å². The number of aliphatic carboxylic acids is 1. The number of primary amides is 1. The van der Waals surface area contributed by atoms with E-state index < -0.39 is 11.9 Å². The summed E-state index contributed by atoms with van der Waals surface area (Å²) in [6, 6.07) is -0.302. The van der Waals surface area contributed by atoms with Gasteiger partial charge in [0, 0.05) is 12.6 Å². The maximum absolute atomic E-state index is 11.5. The fourth-order valence-corrected chi connectivity index (χ4v) is 2.13. The number of hydrogen-bond acceptors (Lipinski definition) is 4. The van der Waals surface area contributed by atoms with E-state index in [1.54, 1.807) is 0 Å². The van der Waals surface area contributed by atoms with Crippen LogP contribution in [0.4, 0.5) is 4.79 Å². The van der Waals surface area contributed by atoms with E-state index in [0.717, 1.165) is 0 Å². The number of ether oxygens (including phenoxy) is 1. The summed E-state index contributed by atoms with van der Waals surface area (Å²) in [7, 11) is 0. The minimum Gasteiger partial charge on any atom is -0.481 e. The van der Waals surface area contributed by atoms with Crippen LogP contribution in [0.15, 0.2) is 0 Å². The van der Waals surface area contributed by atoms with Crippen molar-refractivity contribution in [2.45, 2.75) is 31.7 Å². The Balaban J connectivity index is 2.08. The Hall–Kier alpha value is -1.83. The molecule has 3 amide bonds. The van der Waals surface area contributed by atoms with Gasteiger partial charge in [0.15, 0.2) is 0 Å². The smallest absolute Gasteiger partial charge is 0.315 e. The second-order valence-corrected chi connectivity index (χ2v) is 4.81. The Bertz CT molecular complexity index is 353. The molecular formula is C12H21N3O5. The van der Waals surface area contributed by atoms with Crippen LogP contribution in [0.2, 0.25) is 0 Å². The Morgan fingerprint density at radius 3 is 2.40 bits per heavy atom. The maximum atomic E-state index is 11.5. The fourth-order valence-electron chi connectivity index (χ4n) is 2.13. The van der Waals surface area contributed by atoms with Gasteiger partial charge in [-0.3, -0.25) is 9.59 Å². The summed E-state index contributed by atoms with van der Waals surface area (Å²) in [5.41, 5.74) is 4.89. The minimum atomic E-state index is -0.764. The summed E-state index contributed by atoms with van der Waals surface area (Å²) >= 11 is 0. The van der Waals surface area contributed by atoms with Crippen LogP contribution >= 0.6 is 0 Å². The highest BCUT2D eigenvalue weighted by Gasteiger charge is 2.26. The predicted molar refractivity (Wildman–Crippen MR) is 69.9 cm³/mol. The van der Waals surface area contributed by atoms with Gasteiger partial charge in [0.05, 0.1) is 12.5 Å². The van der Waals surface area contributed by atoms with Crippen LogP contribution < -0.4 is 16.4 Å². The molecule has 8 nitrogen and oxygen atoms in total. The van der Waals surface area contributed by atoms with Crippen molar-refractivity contribution in [3.8, 4) is 0 Å². The van der Waals surface area contributed by atoms with E-state index in [4.69, 9.17) is 15.6 Å². The molecule has 1 fully saturated rings. The summed E-state index contributed by atoms with van der Waals surface area (Å²) in [5, 5.41) is 14.2. The Kier molecular flexibility index (Phi) is 6.78. The van der Waals surface area contributed by atoms with Crippen LogP contribution in [0.5, 0.6) is 0 Å². The van der Waals surface area contributed by atoms with Crippen LogP contribution in [-0.2, 0) is 14.3 Å². The molecule has 1 aliphatic carbocycles. The highest BCUT2D eigenvalue weighted by Crippen LogP contribution is 2.24. The zero-order valence-corrected chi connectivity index (χ0v) is 11.3. The van der Waals surface area contributed by atoms with Gasteiger partial charge in [-0.2, -0.15) is 0 Å². The van der Waals surface area contributed by atoms with Gasteiger partial charge < -0.3 is 26.2 Å². The SMILES string of the molecule is NC(=O)COCCNC(=O)NC1CCC(C(=O)O)CC1. The lowest BCUT2D eigenvalue weighted by Gasteiger charge is -2.26. The lowest BCUT2D eigenvalue weighted by Crippen LogP contribution is -2.45. The van der Waals surface area contributed by atoms with Crippen LogP contribution in [0.1, 0.15) is 25.7 Å². The molecule has 0 atom stereocenters. The van der Waals surface area contributed by atoms with Crippen molar-refractivity contribution >= 4 is 17.9 Å². The van der Waals surface area contributed by atoms with Crippen molar-refractivity contribution in [1.82, 2.24) is 10.6 Å². The van der Waals surface area contributed by atoms with Crippen molar-refractivity contribution in [3.05, 3.63) is 0 Å². The van der Waals surface area contributed by atoms with E-state index in [2.05, 4.69) is 10.6 Å². The van der Waals surface area contributed by atoms with Crippen molar-refractivity contribution in [2.75, 3.05) is 19.8 Å². The first-order valence-electron chi connectivity index (χ1n) is 6.62. The van der Waals surface area contributed by atoms with E-state index in [0.29, 0.717) is 25.7 Å². The minimum absolute atomic E-state index is 0.0112. The molecule has 0 heterocycles. The summed E-state index contributed by atoms with van der Waals surface area (Å²) in [6.07, 6.45) is 2.51.